The molecule has 0 bridgehead atoms. The van der Waals surface area contributed by atoms with Crippen LogP contribution in [-0.2, 0) is 10.0 Å². The minimum atomic E-state index is -4.13. The van der Waals surface area contributed by atoms with Crippen LogP contribution in [0.2, 0.25) is 0 Å². The lowest BCUT2D eigenvalue weighted by molar-refractivity contribution is -0.385. The highest BCUT2D eigenvalue weighted by Gasteiger charge is 2.28. The van der Waals surface area contributed by atoms with Crippen molar-refractivity contribution in [2.75, 3.05) is 10.8 Å². The van der Waals surface area contributed by atoms with Crippen LogP contribution >= 0.6 is 0 Å². The number of non-ortho nitro benzene ring substituents is 2. The minimum Gasteiger partial charge on any atom is -0.266 e. The number of anilines is 1. The Morgan fingerprint density at radius 3 is 2.16 bits per heavy atom. The summed E-state index contributed by atoms with van der Waals surface area (Å²) in [6.45, 7) is 3.10. The maximum Gasteiger partial charge on any atom is 0.271 e. The van der Waals surface area contributed by atoms with Gasteiger partial charge in [-0.3, -0.25) is 24.5 Å². The number of sulfonamides is 1. The van der Waals surface area contributed by atoms with Crippen molar-refractivity contribution < 1.29 is 18.3 Å². The van der Waals surface area contributed by atoms with Crippen molar-refractivity contribution in [3.8, 4) is 0 Å². The van der Waals surface area contributed by atoms with Crippen molar-refractivity contribution >= 4 is 27.1 Å². The topological polar surface area (TPSA) is 124 Å². The van der Waals surface area contributed by atoms with Gasteiger partial charge in [0, 0.05) is 30.8 Å². The fraction of sp³-hybridized carbons (Fsp3) is 0.200. The summed E-state index contributed by atoms with van der Waals surface area (Å²) in [5, 5.41) is 21.9. The molecule has 0 aliphatic carbocycles. The molecule has 2 aromatic carbocycles. The van der Waals surface area contributed by atoms with Gasteiger partial charge in [-0.1, -0.05) is 12.1 Å². The Labute approximate surface area is 143 Å². The summed E-state index contributed by atoms with van der Waals surface area (Å²) in [4.78, 5) is 20.3. The highest BCUT2D eigenvalue weighted by Crippen LogP contribution is 2.30. The van der Waals surface area contributed by atoms with Gasteiger partial charge in [0.05, 0.1) is 20.4 Å². The monoisotopic (exact) mass is 365 g/mol. The molecule has 132 valence electrons. The Hall–Kier alpha value is -3.01. The van der Waals surface area contributed by atoms with Crippen LogP contribution in [0, 0.1) is 27.2 Å². The molecule has 0 saturated carbocycles. The van der Waals surface area contributed by atoms with Gasteiger partial charge in [-0.25, -0.2) is 8.42 Å². The van der Waals surface area contributed by atoms with Crippen LogP contribution in [0.25, 0.3) is 0 Å². The highest BCUT2D eigenvalue weighted by molar-refractivity contribution is 7.92. The van der Waals surface area contributed by atoms with E-state index in [0.29, 0.717) is 5.56 Å². The molecule has 0 heterocycles. The molecule has 0 atom stereocenters. The quantitative estimate of drug-likeness (QED) is 0.572. The third kappa shape index (κ3) is 3.58. The SMILES string of the molecule is CCN(c1cccc([N+](=O)[O-])c1)S(=O)(=O)c1cc([N+](=O)[O-])ccc1C. The van der Waals surface area contributed by atoms with Gasteiger partial charge in [-0.15, -0.1) is 0 Å². The zero-order chi connectivity index (χ0) is 18.8. The summed E-state index contributed by atoms with van der Waals surface area (Å²) in [6, 6.07) is 8.78. The second kappa shape index (κ2) is 6.85. The van der Waals surface area contributed by atoms with E-state index in [1.807, 2.05) is 0 Å². The molecule has 0 aromatic heterocycles. The van der Waals surface area contributed by atoms with Crippen molar-refractivity contribution in [1.82, 2.24) is 0 Å². The van der Waals surface area contributed by atoms with Crippen LogP contribution in [-0.4, -0.2) is 24.8 Å². The van der Waals surface area contributed by atoms with E-state index >= 15 is 0 Å². The van der Waals surface area contributed by atoms with Gasteiger partial charge >= 0.3 is 0 Å². The lowest BCUT2D eigenvalue weighted by Crippen LogP contribution is -2.31. The maximum absolute atomic E-state index is 13.0. The Kier molecular flexibility index (Phi) is 5.02. The number of hydrogen-bond donors (Lipinski definition) is 0. The van der Waals surface area contributed by atoms with Crippen molar-refractivity contribution in [2.24, 2.45) is 0 Å². The highest BCUT2D eigenvalue weighted by atomic mass is 32.2. The van der Waals surface area contributed by atoms with Crippen LogP contribution in [0.3, 0.4) is 0 Å². The summed E-state index contributed by atoms with van der Waals surface area (Å²) >= 11 is 0. The van der Waals surface area contributed by atoms with Crippen LogP contribution < -0.4 is 4.31 Å². The van der Waals surface area contributed by atoms with Gasteiger partial charge in [0.15, 0.2) is 0 Å². The Morgan fingerprint density at radius 2 is 1.60 bits per heavy atom. The van der Waals surface area contributed by atoms with E-state index in [4.69, 9.17) is 0 Å². The molecule has 2 rings (SSSR count). The molecule has 0 aliphatic heterocycles. The maximum atomic E-state index is 13.0. The molecule has 0 radical (unpaired) electrons. The van der Waals surface area contributed by atoms with Crippen LogP contribution in [0.1, 0.15) is 12.5 Å². The molecule has 25 heavy (non-hydrogen) atoms. The first-order chi connectivity index (χ1) is 11.7. The molecular formula is C15H15N3O6S. The normalized spacial score (nSPS) is 11.1. The van der Waals surface area contributed by atoms with Crippen LogP contribution in [0.4, 0.5) is 17.1 Å². The first-order valence-corrected chi connectivity index (χ1v) is 8.64. The van der Waals surface area contributed by atoms with Crippen molar-refractivity contribution in [3.05, 3.63) is 68.3 Å². The lowest BCUT2D eigenvalue weighted by Gasteiger charge is -2.23. The molecule has 0 fully saturated rings. The number of nitrogens with zero attached hydrogens (tertiary/aromatic N) is 3. The molecule has 0 N–H and O–H groups in total. The molecule has 0 unspecified atom stereocenters. The lowest BCUT2D eigenvalue weighted by atomic mass is 10.2. The van der Waals surface area contributed by atoms with E-state index in [9.17, 15) is 28.6 Å². The van der Waals surface area contributed by atoms with Gasteiger partial charge < -0.3 is 0 Å². The number of hydrogen-bond acceptors (Lipinski definition) is 6. The van der Waals surface area contributed by atoms with Crippen molar-refractivity contribution in [1.29, 1.82) is 0 Å². The van der Waals surface area contributed by atoms with Crippen LogP contribution in [0.15, 0.2) is 47.4 Å². The molecule has 9 nitrogen and oxygen atoms in total. The predicted molar refractivity (Wildman–Crippen MR) is 91.1 cm³/mol. The molecular weight excluding hydrogens is 350 g/mol. The molecule has 0 amide bonds. The largest absolute Gasteiger partial charge is 0.271 e. The second-order valence-corrected chi connectivity index (χ2v) is 6.98. The number of benzene rings is 2. The predicted octanol–water partition coefficient (Wildman–Crippen LogP) is 3.03. The standard InChI is InChI=1S/C15H15N3O6S/c1-3-16(12-5-4-6-13(9-12)17(19)20)25(23,24)15-10-14(18(21)22)8-7-11(15)2/h4-10H,3H2,1-2H3. The summed E-state index contributed by atoms with van der Waals surface area (Å²) in [7, 11) is -4.13. The Balaban J connectivity index is 2.60. The summed E-state index contributed by atoms with van der Waals surface area (Å²) in [6.07, 6.45) is 0. The third-order valence-electron chi connectivity index (χ3n) is 3.57. The minimum absolute atomic E-state index is 0.00559. The average molecular weight is 365 g/mol. The zero-order valence-corrected chi connectivity index (χ0v) is 14.3. The fourth-order valence-electron chi connectivity index (χ4n) is 2.35. The Bertz CT molecular complexity index is 942. The fourth-order valence-corrected chi connectivity index (χ4v) is 4.07. The summed E-state index contributed by atoms with van der Waals surface area (Å²) < 4.78 is 26.9. The Morgan fingerprint density at radius 1 is 1.00 bits per heavy atom. The van der Waals surface area contributed by atoms with E-state index in [0.717, 1.165) is 16.4 Å². The third-order valence-corrected chi connectivity index (χ3v) is 5.61. The van der Waals surface area contributed by atoms with E-state index in [2.05, 4.69) is 0 Å². The van der Waals surface area contributed by atoms with Crippen molar-refractivity contribution in [2.45, 2.75) is 18.7 Å². The van der Waals surface area contributed by atoms with E-state index in [1.54, 1.807) is 6.92 Å². The van der Waals surface area contributed by atoms with Gasteiger partial charge in [-0.05, 0) is 25.5 Å². The first kappa shape index (κ1) is 18.3. The average Bonchev–Trinajstić information content (AvgIpc) is 2.55. The van der Waals surface area contributed by atoms with Gasteiger partial charge in [0.2, 0.25) is 0 Å². The number of rotatable bonds is 6. The van der Waals surface area contributed by atoms with Crippen molar-refractivity contribution in [3.63, 3.8) is 0 Å². The number of aryl methyl sites for hydroxylation is 1. The molecule has 0 spiro atoms. The van der Waals surface area contributed by atoms with E-state index < -0.39 is 19.9 Å². The number of nitro benzene ring substituents is 2. The summed E-state index contributed by atoms with van der Waals surface area (Å²) in [5.41, 5.74) is -0.140. The zero-order valence-electron chi connectivity index (χ0n) is 13.4. The van der Waals surface area contributed by atoms with Crippen LogP contribution in [0.5, 0.6) is 0 Å². The smallest absolute Gasteiger partial charge is 0.266 e. The van der Waals surface area contributed by atoms with Gasteiger partial charge in [-0.2, -0.15) is 0 Å². The molecule has 10 heteroatoms. The van der Waals surface area contributed by atoms with Gasteiger partial charge in [0.25, 0.3) is 21.4 Å². The molecule has 2 aromatic rings. The summed E-state index contributed by atoms with van der Waals surface area (Å²) in [5.74, 6) is 0. The number of nitro groups is 2. The second-order valence-electron chi connectivity index (χ2n) is 5.15. The van der Waals surface area contributed by atoms with Gasteiger partial charge in [0.1, 0.15) is 0 Å². The van der Waals surface area contributed by atoms with E-state index in [1.165, 1.54) is 37.3 Å². The molecule has 0 saturated heterocycles. The van der Waals surface area contributed by atoms with E-state index in [-0.39, 0.29) is 28.5 Å². The molecule has 0 aliphatic rings. The first-order valence-electron chi connectivity index (χ1n) is 7.20.